The zero-order valence-electron chi connectivity index (χ0n) is 8.52. The molecule has 0 radical (unpaired) electrons. The molecular formula is C12H10ClNOS. The average molecular weight is 252 g/mol. The van der Waals surface area contributed by atoms with Gasteiger partial charge in [-0.1, -0.05) is 35.5 Å². The van der Waals surface area contributed by atoms with Crippen LogP contribution in [0.2, 0.25) is 5.02 Å². The number of halogens is 1. The quantitative estimate of drug-likeness (QED) is 0.758. The summed E-state index contributed by atoms with van der Waals surface area (Å²) in [7, 11) is 0. The highest BCUT2D eigenvalue weighted by molar-refractivity contribution is 8.04. The third kappa shape index (κ3) is 1.85. The van der Waals surface area contributed by atoms with E-state index in [9.17, 15) is 0 Å². The lowest BCUT2D eigenvalue weighted by molar-refractivity contribution is 0.253. The predicted octanol–water partition coefficient (Wildman–Crippen LogP) is 3.79. The maximum atomic E-state index is 5.87. The lowest BCUT2D eigenvalue weighted by atomic mass is 10.2. The summed E-state index contributed by atoms with van der Waals surface area (Å²) in [5.41, 5.74) is 2.37. The van der Waals surface area contributed by atoms with Crippen molar-refractivity contribution in [1.82, 2.24) is 0 Å². The van der Waals surface area contributed by atoms with E-state index in [4.69, 9.17) is 21.3 Å². The van der Waals surface area contributed by atoms with Crippen LogP contribution < -0.4 is 0 Å². The molecule has 1 unspecified atom stereocenters. The lowest BCUT2D eigenvalue weighted by Gasteiger charge is -2.09. The van der Waals surface area contributed by atoms with Crippen LogP contribution in [0, 0.1) is 0 Å². The normalized spacial score (nSPS) is 23.2. The zero-order valence-corrected chi connectivity index (χ0v) is 10.1. The molecule has 2 nitrogen and oxygen atoms in total. The minimum absolute atomic E-state index is 0.167. The van der Waals surface area contributed by atoms with Crippen molar-refractivity contribution in [2.45, 2.75) is 11.8 Å². The van der Waals surface area contributed by atoms with Gasteiger partial charge in [0.1, 0.15) is 5.37 Å². The Kier molecular flexibility index (Phi) is 2.65. The maximum absolute atomic E-state index is 5.87. The standard InChI is InChI=1S/C12H10ClNOS/c13-9-3-1-8(2-4-9)12-14-10-5-6-15-7-11(10)16-12/h1-4,7,12H,5-6H2. The number of thioether (sulfide) groups is 1. The largest absolute Gasteiger partial charge is 0.500 e. The van der Waals surface area contributed by atoms with Crippen molar-refractivity contribution >= 4 is 29.1 Å². The number of aliphatic imine (C=N–C) groups is 1. The summed E-state index contributed by atoms with van der Waals surface area (Å²) in [6, 6.07) is 7.88. The zero-order chi connectivity index (χ0) is 11.0. The van der Waals surface area contributed by atoms with Crippen LogP contribution in [0.3, 0.4) is 0 Å². The summed E-state index contributed by atoms with van der Waals surface area (Å²) in [5.74, 6) is 0. The highest BCUT2D eigenvalue weighted by Crippen LogP contribution is 2.44. The number of rotatable bonds is 1. The van der Waals surface area contributed by atoms with Crippen molar-refractivity contribution in [2.24, 2.45) is 4.99 Å². The fourth-order valence-electron chi connectivity index (χ4n) is 1.76. The van der Waals surface area contributed by atoms with Gasteiger partial charge in [0, 0.05) is 11.4 Å². The van der Waals surface area contributed by atoms with E-state index in [0.29, 0.717) is 0 Å². The smallest absolute Gasteiger partial charge is 0.125 e. The first kappa shape index (κ1) is 10.2. The predicted molar refractivity (Wildman–Crippen MR) is 67.9 cm³/mol. The molecule has 0 saturated heterocycles. The molecule has 0 spiro atoms. The Morgan fingerprint density at radius 3 is 2.88 bits per heavy atom. The Morgan fingerprint density at radius 2 is 2.12 bits per heavy atom. The molecule has 1 aromatic rings. The van der Waals surface area contributed by atoms with Crippen molar-refractivity contribution < 1.29 is 4.74 Å². The highest BCUT2D eigenvalue weighted by atomic mass is 35.5. The maximum Gasteiger partial charge on any atom is 0.125 e. The van der Waals surface area contributed by atoms with E-state index in [1.165, 1.54) is 16.2 Å². The third-order valence-corrected chi connectivity index (χ3v) is 4.04. The highest BCUT2D eigenvalue weighted by Gasteiger charge is 2.26. The summed E-state index contributed by atoms with van der Waals surface area (Å²) in [5, 5.41) is 0.930. The molecule has 0 aliphatic carbocycles. The molecular weight excluding hydrogens is 242 g/mol. The average Bonchev–Trinajstić information content (AvgIpc) is 2.73. The first-order chi connectivity index (χ1) is 7.83. The molecule has 16 heavy (non-hydrogen) atoms. The molecule has 2 heterocycles. The summed E-state index contributed by atoms with van der Waals surface area (Å²) < 4.78 is 5.30. The van der Waals surface area contributed by atoms with E-state index in [-0.39, 0.29) is 5.37 Å². The van der Waals surface area contributed by atoms with Crippen LogP contribution in [0.25, 0.3) is 0 Å². The number of benzene rings is 1. The molecule has 0 saturated carbocycles. The molecule has 0 aromatic heterocycles. The van der Waals surface area contributed by atoms with E-state index < -0.39 is 0 Å². The second kappa shape index (κ2) is 4.15. The third-order valence-electron chi connectivity index (χ3n) is 2.60. The topological polar surface area (TPSA) is 21.6 Å². The van der Waals surface area contributed by atoms with Gasteiger partial charge in [0.05, 0.1) is 23.5 Å². The summed E-state index contributed by atoms with van der Waals surface area (Å²) in [4.78, 5) is 5.87. The summed E-state index contributed by atoms with van der Waals surface area (Å²) in [6.45, 7) is 0.746. The Bertz CT molecular complexity index is 466. The molecule has 82 valence electrons. The van der Waals surface area contributed by atoms with E-state index in [2.05, 4.69) is 0 Å². The Hall–Kier alpha value is -0.930. The molecule has 0 N–H and O–H groups in total. The van der Waals surface area contributed by atoms with Crippen molar-refractivity contribution in [3.8, 4) is 0 Å². The van der Waals surface area contributed by atoms with Crippen molar-refractivity contribution in [1.29, 1.82) is 0 Å². The number of hydrogen-bond acceptors (Lipinski definition) is 3. The van der Waals surface area contributed by atoms with Crippen LogP contribution in [-0.4, -0.2) is 12.3 Å². The van der Waals surface area contributed by atoms with Crippen LogP contribution in [0.5, 0.6) is 0 Å². The van der Waals surface area contributed by atoms with Gasteiger partial charge in [-0.3, -0.25) is 4.99 Å². The van der Waals surface area contributed by atoms with Gasteiger partial charge in [-0.25, -0.2) is 0 Å². The number of ether oxygens (including phenoxy) is 1. The van der Waals surface area contributed by atoms with Gasteiger partial charge < -0.3 is 4.74 Å². The Balaban J connectivity index is 1.88. The Morgan fingerprint density at radius 1 is 1.31 bits per heavy atom. The molecule has 4 heteroatoms. The van der Waals surface area contributed by atoms with Crippen LogP contribution in [0.4, 0.5) is 0 Å². The number of hydrogen-bond donors (Lipinski definition) is 0. The first-order valence-electron chi connectivity index (χ1n) is 5.14. The molecule has 0 bridgehead atoms. The molecule has 0 fully saturated rings. The molecule has 0 amide bonds. The van der Waals surface area contributed by atoms with Gasteiger partial charge in [-0.2, -0.15) is 0 Å². The van der Waals surface area contributed by atoms with Gasteiger partial charge in [0.15, 0.2) is 0 Å². The van der Waals surface area contributed by atoms with E-state index in [1.807, 2.05) is 30.5 Å². The van der Waals surface area contributed by atoms with Crippen LogP contribution in [0.15, 0.2) is 40.4 Å². The van der Waals surface area contributed by atoms with E-state index in [0.717, 1.165) is 18.1 Å². The summed E-state index contributed by atoms with van der Waals surface area (Å²) in [6.07, 6.45) is 2.74. The molecule has 3 rings (SSSR count). The molecule has 2 aliphatic rings. The molecule has 1 atom stereocenters. The number of allylic oxidation sites excluding steroid dienone is 1. The van der Waals surface area contributed by atoms with Crippen LogP contribution in [-0.2, 0) is 4.74 Å². The van der Waals surface area contributed by atoms with Crippen LogP contribution >= 0.6 is 23.4 Å². The van der Waals surface area contributed by atoms with Gasteiger partial charge in [-0.05, 0) is 17.7 Å². The van der Waals surface area contributed by atoms with Crippen molar-refractivity contribution in [2.75, 3.05) is 6.61 Å². The summed E-state index contributed by atoms with van der Waals surface area (Å²) >= 11 is 7.61. The second-order valence-electron chi connectivity index (χ2n) is 3.70. The molecule has 2 aliphatic heterocycles. The number of nitrogens with zero attached hydrogens (tertiary/aromatic N) is 1. The van der Waals surface area contributed by atoms with Gasteiger partial charge >= 0.3 is 0 Å². The van der Waals surface area contributed by atoms with Crippen LogP contribution in [0.1, 0.15) is 17.4 Å². The fraction of sp³-hybridized carbons (Fsp3) is 0.250. The SMILES string of the molecule is Clc1ccc(C2N=C3CCOC=C3S2)cc1. The lowest BCUT2D eigenvalue weighted by Crippen LogP contribution is -2.06. The molecule has 1 aromatic carbocycles. The van der Waals surface area contributed by atoms with Gasteiger partial charge in [-0.15, -0.1) is 0 Å². The fourth-order valence-corrected chi connectivity index (χ4v) is 3.02. The minimum Gasteiger partial charge on any atom is -0.500 e. The minimum atomic E-state index is 0.167. The van der Waals surface area contributed by atoms with Crippen molar-refractivity contribution in [3.05, 3.63) is 46.0 Å². The first-order valence-corrected chi connectivity index (χ1v) is 6.39. The number of fused-ring (bicyclic) bond motifs is 1. The van der Waals surface area contributed by atoms with Gasteiger partial charge in [0.25, 0.3) is 0 Å². The van der Waals surface area contributed by atoms with E-state index in [1.54, 1.807) is 11.8 Å². The van der Waals surface area contributed by atoms with Gasteiger partial charge in [0.2, 0.25) is 0 Å². The van der Waals surface area contributed by atoms with Crippen molar-refractivity contribution in [3.63, 3.8) is 0 Å². The Labute approximate surface area is 103 Å². The monoisotopic (exact) mass is 251 g/mol. The van der Waals surface area contributed by atoms with E-state index >= 15 is 0 Å². The second-order valence-corrected chi connectivity index (χ2v) is 5.26.